The van der Waals surface area contributed by atoms with Crippen LogP contribution in [0.15, 0.2) is 0 Å². The summed E-state index contributed by atoms with van der Waals surface area (Å²) in [5.41, 5.74) is -1.39. The average molecular weight is 189 g/mol. The quantitative estimate of drug-likeness (QED) is 0.674. The van der Waals surface area contributed by atoms with E-state index in [1.54, 1.807) is 27.7 Å². The van der Waals surface area contributed by atoms with Crippen LogP contribution in [-0.4, -0.2) is 45.9 Å². The molecule has 0 heterocycles. The van der Waals surface area contributed by atoms with Gasteiger partial charge in [-0.05, 0) is 34.2 Å². The summed E-state index contributed by atoms with van der Waals surface area (Å²) in [7, 11) is 0. The van der Waals surface area contributed by atoms with E-state index in [9.17, 15) is 10.2 Å². The molecule has 0 rings (SSSR count). The van der Waals surface area contributed by atoms with Crippen molar-refractivity contribution < 1.29 is 10.2 Å². The van der Waals surface area contributed by atoms with Gasteiger partial charge in [-0.3, -0.25) is 4.90 Å². The molecule has 13 heavy (non-hydrogen) atoms. The van der Waals surface area contributed by atoms with Gasteiger partial charge in [0.05, 0.1) is 11.2 Å². The van der Waals surface area contributed by atoms with Crippen molar-refractivity contribution in [1.82, 2.24) is 4.90 Å². The first kappa shape index (κ1) is 12.9. The summed E-state index contributed by atoms with van der Waals surface area (Å²) >= 11 is 0. The van der Waals surface area contributed by atoms with Crippen LogP contribution in [0, 0.1) is 0 Å². The Morgan fingerprint density at radius 1 is 0.923 bits per heavy atom. The van der Waals surface area contributed by atoms with E-state index < -0.39 is 11.2 Å². The van der Waals surface area contributed by atoms with Gasteiger partial charge in [-0.25, -0.2) is 0 Å². The highest BCUT2D eigenvalue weighted by molar-refractivity contribution is 4.77. The molecule has 3 nitrogen and oxygen atoms in total. The maximum atomic E-state index is 9.59. The molecule has 0 aliphatic rings. The second kappa shape index (κ2) is 4.40. The van der Waals surface area contributed by atoms with Gasteiger partial charge in [-0.2, -0.15) is 0 Å². The Balaban J connectivity index is 4.05. The fourth-order valence-corrected chi connectivity index (χ4v) is 1.37. The van der Waals surface area contributed by atoms with Crippen LogP contribution in [-0.2, 0) is 0 Å². The SMILES string of the molecule is CCN(CC(C)(C)O)CC(C)(C)O. The maximum Gasteiger partial charge on any atom is 0.0718 e. The van der Waals surface area contributed by atoms with Crippen LogP contribution in [0.4, 0.5) is 0 Å². The Morgan fingerprint density at radius 2 is 1.23 bits per heavy atom. The van der Waals surface area contributed by atoms with Crippen LogP contribution in [0.25, 0.3) is 0 Å². The number of aliphatic hydroxyl groups is 2. The van der Waals surface area contributed by atoms with E-state index in [4.69, 9.17) is 0 Å². The lowest BCUT2D eigenvalue weighted by Gasteiger charge is -2.32. The minimum Gasteiger partial charge on any atom is -0.389 e. The Labute approximate surface area is 81.4 Å². The van der Waals surface area contributed by atoms with Crippen LogP contribution >= 0.6 is 0 Å². The predicted octanol–water partition coefficient (Wildman–Crippen LogP) is 0.850. The lowest BCUT2D eigenvalue weighted by Crippen LogP contribution is -2.45. The largest absolute Gasteiger partial charge is 0.389 e. The number of rotatable bonds is 5. The predicted molar refractivity (Wildman–Crippen MR) is 54.7 cm³/mol. The monoisotopic (exact) mass is 189 g/mol. The Kier molecular flexibility index (Phi) is 4.36. The minimum absolute atomic E-state index is 0.591. The van der Waals surface area contributed by atoms with Crippen LogP contribution < -0.4 is 0 Å². The van der Waals surface area contributed by atoms with Gasteiger partial charge in [0, 0.05) is 13.1 Å². The average Bonchev–Trinajstić information content (AvgIpc) is 1.79. The topological polar surface area (TPSA) is 43.7 Å². The lowest BCUT2D eigenvalue weighted by atomic mass is 10.1. The van der Waals surface area contributed by atoms with Crippen molar-refractivity contribution in [2.45, 2.75) is 45.8 Å². The molecule has 0 bridgehead atoms. The summed E-state index contributed by atoms with van der Waals surface area (Å²) in [5, 5.41) is 19.2. The molecule has 0 unspecified atom stereocenters. The Morgan fingerprint density at radius 3 is 1.38 bits per heavy atom. The van der Waals surface area contributed by atoms with Crippen molar-refractivity contribution in [2.24, 2.45) is 0 Å². The number of hydrogen-bond donors (Lipinski definition) is 2. The molecule has 0 radical (unpaired) electrons. The van der Waals surface area contributed by atoms with Crippen LogP contribution in [0.3, 0.4) is 0 Å². The van der Waals surface area contributed by atoms with E-state index in [0.717, 1.165) is 6.54 Å². The normalized spacial score (nSPS) is 13.8. The summed E-state index contributed by atoms with van der Waals surface area (Å²) in [6, 6.07) is 0. The Bertz CT molecular complexity index is 128. The van der Waals surface area contributed by atoms with Crippen molar-refractivity contribution in [3.63, 3.8) is 0 Å². The molecule has 0 atom stereocenters. The van der Waals surface area contributed by atoms with Gasteiger partial charge in [-0.15, -0.1) is 0 Å². The molecule has 0 aromatic heterocycles. The Hall–Kier alpha value is -0.120. The van der Waals surface area contributed by atoms with Crippen LogP contribution in [0.1, 0.15) is 34.6 Å². The van der Waals surface area contributed by atoms with E-state index in [-0.39, 0.29) is 0 Å². The fraction of sp³-hybridized carbons (Fsp3) is 1.00. The molecular formula is C10H23NO2. The minimum atomic E-state index is -0.693. The van der Waals surface area contributed by atoms with Gasteiger partial charge in [0.15, 0.2) is 0 Å². The van der Waals surface area contributed by atoms with Crippen LogP contribution in [0.5, 0.6) is 0 Å². The highest BCUT2D eigenvalue weighted by Gasteiger charge is 2.22. The molecule has 2 N–H and O–H groups in total. The standard InChI is InChI=1S/C10H23NO2/c1-6-11(7-9(2,3)12)8-10(4,5)13/h12-13H,6-8H2,1-5H3. The molecule has 3 heteroatoms. The number of likely N-dealkylation sites (N-methyl/N-ethyl adjacent to an activating group) is 1. The van der Waals surface area contributed by atoms with Crippen molar-refractivity contribution >= 4 is 0 Å². The molecule has 0 aliphatic heterocycles. The summed E-state index contributed by atoms with van der Waals surface area (Å²) in [5.74, 6) is 0. The first-order valence-electron chi connectivity index (χ1n) is 4.81. The van der Waals surface area contributed by atoms with E-state index >= 15 is 0 Å². The van der Waals surface area contributed by atoms with E-state index in [2.05, 4.69) is 0 Å². The highest BCUT2D eigenvalue weighted by atomic mass is 16.3. The van der Waals surface area contributed by atoms with Gasteiger partial charge >= 0.3 is 0 Å². The molecular weight excluding hydrogens is 166 g/mol. The third-order valence-corrected chi connectivity index (χ3v) is 1.67. The van der Waals surface area contributed by atoms with E-state index in [1.165, 1.54) is 0 Å². The smallest absolute Gasteiger partial charge is 0.0718 e. The lowest BCUT2D eigenvalue weighted by molar-refractivity contribution is -0.00542. The number of nitrogens with zero attached hydrogens (tertiary/aromatic N) is 1. The zero-order valence-electron chi connectivity index (χ0n) is 9.46. The van der Waals surface area contributed by atoms with E-state index in [0.29, 0.717) is 13.1 Å². The van der Waals surface area contributed by atoms with Gasteiger partial charge in [-0.1, -0.05) is 6.92 Å². The summed E-state index contributed by atoms with van der Waals surface area (Å²) in [4.78, 5) is 2.04. The van der Waals surface area contributed by atoms with Crippen molar-refractivity contribution in [3.05, 3.63) is 0 Å². The second-order valence-corrected chi connectivity index (χ2v) is 4.93. The highest BCUT2D eigenvalue weighted by Crippen LogP contribution is 2.09. The molecule has 0 fully saturated rings. The fourth-order valence-electron chi connectivity index (χ4n) is 1.37. The zero-order valence-corrected chi connectivity index (χ0v) is 9.46. The van der Waals surface area contributed by atoms with Gasteiger partial charge in [0.25, 0.3) is 0 Å². The zero-order chi connectivity index (χ0) is 10.7. The molecule has 0 aromatic carbocycles. The van der Waals surface area contributed by atoms with Crippen molar-refractivity contribution in [2.75, 3.05) is 19.6 Å². The summed E-state index contributed by atoms with van der Waals surface area (Å²) < 4.78 is 0. The van der Waals surface area contributed by atoms with Gasteiger partial charge in [0.2, 0.25) is 0 Å². The third kappa shape index (κ3) is 8.22. The molecule has 0 spiro atoms. The second-order valence-electron chi connectivity index (χ2n) is 4.93. The van der Waals surface area contributed by atoms with Crippen molar-refractivity contribution in [3.8, 4) is 0 Å². The summed E-state index contributed by atoms with van der Waals surface area (Å²) in [6.07, 6.45) is 0. The molecule has 0 saturated heterocycles. The molecule has 0 saturated carbocycles. The molecule has 0 aliphatic carbocycles. The van der Waals surface area contributed by atoms with Gasteiger partial charge in [0.1, 0.15) is 0 Å². The van der Waals surface area contributed by atoms with Crippen LogP contribution in [0.2, 0.25) is 0 Å². The number of hydrogen-bond acceptors (Lipinski definition) is 3. The third-order valence-electron chi connectivity index (χ3n) is 1.67. The molecule has 0 amide bonds. The van der Waals surface area contributed by atoms with E-state index in [1.807, 2.05) is 11.8 Å². The molecule has 0 aromatic rings. The molecule has 80 valence electrons. The first-order valence-corrected chi connectivity index (χ1v) is 4.81. The van der Waals surface area contributed by atoms with Gasteiger partial charge < -0.3 is 10.2 Å². The first-order chi connectivity index (χ1) is 5.64. The maximum absolute atomic E-state index is 9.59. The summed E-state index contributed by atoms with van der Waals surface area (Å²) in [6.45, 7) is 11.2. The van der Waals surface area contributed by atoms with Crippen molar-refractivity contribution in [1.29, 1.82) is 0 Å².